The van der Waals surface area contributed by atoms with Crippen LogP contribution in [0.3, 0.4) is 0 Å². The minimum Gasteiger partial charge on any atom is -0.370 e. The second-order valence-corrected chi connectivity index (χ2v) is 14.4. The summed E-state index contributed by atoms with van der Waals surface area (Å²) < 4.78 is 0. The number of anilines is 2. The summed E-state index contributed by atoms with van der Waals surface area (Å²) in [7, 11) is 0. The molecule has 0 unspecified atom stereocenters. The first-order valence-corrected chi connectivity index (χ1v) is 18.9. The summed E-state index contributed by atoms with van der Waals surface area (Å²) in [6.45, 7) is 3.95. The molecule has 0 aromatic heterocycles. The van der Waals surface area contributed by atoms with Crippen molar-refractivity contribution in [3.05, 3.63) is 129 Å². The first kappa shape index (κ1) is 38.1. The van der Waals surface area contributed by atoms with Crippen LogP contribution in [-0.4, -0.2) is 45.6 Å². The van der Waals surface area contributed by atoms with E-state index in [9.17, 15) is 20.1 Å². The third-order valence-electron chi connectivity index (χ3n) is 8.49. The van der Waals surface area contributed by atoms with Crippen LogP contribution in [0.25, 0.3) is 0 Å². The standard InChI is InChI=1S/C39H36N12O2S2/c1-22-7-3-5-9-30(22)34-46-36(42)50-38(48-34)54-20-32(52)44-28-13-11-24(26(16-28)18-40)15-25-12-14-29(17-27(25)19-41)45-33(53)21-55-39-49-35(47-37(43)51-39)31-10-6-4-8-23(31)2/h3-14,16-17,34-35H,15,20-21H2,1-2H3,(H,44,52)(H,45,53)(H3,42,46,48,50)(H3,43,47,49,51)/t34-,35-/m0/s1. The molecule has 0 saturated carbocycles. The van der Waals surface area contributed by atoms with Crippen molar-refractivity contribution in [2.75, 3.05) is 22.1 Å². The number of aliphatic imine (C=N–C) groups is 4. The molecule has 0 bridgehead atoms. The Kier molecular flexibility index (Phi) is 12.1. The Morgan fingerprint density at radius 2 is 1.09 bits per heavy atom. The predicted octanol–water partition coefficient (Wildman–Crippen LogP) is 4.93. The predicted molar refractivity (Wildman–Crippen MR) is 220 cm³/mol. The summed E-state index contributed by atoms with van der Waals surface area (Å²) in [5.41, 5.74) is 18.9. The molecule has 0 saturated heterocycles. The van der Waals surface area contributed by atoms with Gasteiger partial charge in [-0.15, -0.1) is 0 Å². The van der Waals surface area contributed by atoms with Gasteiger partial charge in [-0.1, -0.05) is 84.2 Å². The Morgan fingerprint density at radius 3 is 1.49 bits per heavy atom. The summed E-state index contributed by atoms with van der Waals surface area (Å²) in [5, 5.41) is 32.3. The molecular formula is C39H36N12O2S2. The van der Waals surface area contributed by atoms with Crippen molar-refractivity contribution in [3.8, 4) is 12.1 Å². The second-order valence-electron chi connectivity index (χ2n) is 12.4. The van der Waals surface area contributed by atoms with Gasteiger partial charge in [-0.05, 0) is 60.4 Å². The number of amides is 2. The van der Waals surface area contributed by atoms with Gasteiger partial charge < -0.3 is 32.7 Å². The summed E-state index contributed by atoms with van der Waals surface area (Å²) in [6, 6.07) is 30.0. The van der Waals surface area contributed by atoms with Gasteiger partial charge in [0.1, 0.15) is 0 Å². The van der Waals surface area contributed by atoms with E-state index in [1.807, 2.05) is 62.4 Å². The number of nitrogens with zero attached hydrogens (tertiary/aromatic N) is 6. The van der Waals surface area contributed by atoms with Gasteiger partial charge >= 0.3 is 0 Å². The first-order chi connectivity index (χ1) is 26.6. The Balaban J connectivity index is 1.03. The van der Waals surface area contributed by atoms with Crippen molar-refractivity contribution in [2.24, 2.45) is 31.4 Å². The average molecular weight is 769 g/mol. The minimum atomic E-state index is -0.505. The molecule has 2 atom stereocenters. The summed E-state index contributed by atoms with van der Waals surface area (Å²) >= 11 is 2.38. The fraction of sp³-hybridized carbons (Fsp3) is 0.179. The van der Waals surface area contributed by atoms with E-state index >= 15 is 0 Å². The SMILES string of the molecule is Cc1ccccc1[C@H]1N=C(N)NC(SCC(=O)Nc2ccc(Cc3ccc(NC(=O)CSC4=N[C@@H](c5ccccc5C)N=C(N)N4)cc3C#N)c(C#N)c2)=N1. The normalized spacial score (nSPS) is 16.1. The van der Waals surface area contributed by atoms with Crippen molar-refractivity contribution >= 4 is 69.0 Å². The molecule has 2 aliphatic rings. The van der Waals surface area contributed by atoms with Gasteiger partial charge in [0.15, 0.2) is 34.6 Å². The van der Waals surface area contributed by atoms with Crippen LogP contribution in [-0.2, 0) is 16.0 Å². The van der Waals surface area contributed by atoms with Crippen molar-refractivity contribution in [1.82, 2.24) is 10.6 Å². The Bertz CT molecular complexity index is 2200. The number of carbonyl (C=O) groups excluding carboxylic acids is 2. The van der Waals surface area contributed by atoms with Crippen molar-refractivity contribution in [3.63, 3.8) is 0 Å². The van der Waals surface area contributed by atoms with E-state index in [0.717, 1.165) is 22.3 Å². The molecule has 0 spiro atoms. The van der Waals surface area contributed by atoms with Crippen molar-refractivity contribution in [1.29, 1.82) is 10.5 Å². The monoisotopic (exact) mass is 768 g/mol. The highest BCUT2D eigenvalue weighted by atomic mass is 32.2. The molecule has 55 heavy (non-hydrogen) atoms. The summed E-state index contributed by atoms with van der Waals surface area (Å²) in [6.07, 6.45) is -0.725. The number of nitriles is 2. The molecule has 0 aliphatic carbocycles. The minimum absolute atomic E-state index is 0.0416. The maximum Gasteiger partial charge on any atom is 0.234 e. The molecule has 2 aliphatic heterocycles. The Morgan fingerprint density at radius 1 is 0.673 bits per heavy atom. The highest BCUT2D eigenvalue weighted by Crippen LogP contribution is 2.28. The molecule has 4 aromatic carbocycles. The molecule has 14 nitrogen and oxygen atoms in total. The number of nitrogens with one attached hydrogen (secondary N) is 4. The molecule has 4 aromatic rings. The van der Waals surface area contributed by atoms with Gasteiger partial charge in [-0.25, -0.2) is 20.0 Å². The molecule has 2 heterocycles. The zero-order chi connectivity index (χ0) is 38.9. The summed E-state index contributed by atoms with van der Waals surface area (Å²) in [5.74, 6) is -0.0799. The number of thioether (sulfide) groups is 2. The lowest BCUT2D eigenvalue weighted by Gasteiger charge is -2.20. The lowest BCUT2D eigenvalue weighted by molar-refractivity contribution is -0.114. The largest absolute Gasteiger partial charge is 0.370 e. The van der Waals surface area contributed by atoms with Gasteiger partial charge in [0.25, 0.3) is 0 Å². The van der Waals surface area contributed by atoms with E-state index < -0.39 is 12.3 Å². The maximum atomic E-state index is 12.9. The maximum absolute atomic E-state index is 12.9. The third-order valence-corrected chi connectivity index (χ3v) is 10.3. The number of hydrogen-bond donors (Lipinski definition) is 6. The lowest BCUT2D eigenvalue weighted by atomic mass is 9.96. The van der Waals surface area contributed by atoms with E-state index in [2.05, 4.69) is 53.4 Å². The number of amidine groups is 2. The van der Waals surface area contributed by atoms with Gasteiger partial charge in [0, 0.05) is 28.9 Å². The third kappa shape index (κ3) is 9.88. The van der Waals surface area contributed by atoms with Gasteiger partial charge in [-0.3, -0.25) is 9.59 Å². The number of aryl methyl sites for hydroxylation is 2. The number of hydrogen-bond acceptors (Lipinski definition) is 14. The van der Waals surface area contributed by atoms with E-state index in [0.29, 0.717) is 44.0 Å². The lowest BCUT2D eigenvalue weighted by Crippen LogP contribution is -2.39. The number of benzene rings is 4. The smallest absolute Gasteiger partial charge is 0.234 e. The number of guanidine groups is 2. The van der Waals surface area contributed by atoms with E-state index in [4.69, 9.17) is 11.5 Å². The highest BCUT2D eigenvalue weighted by Gasteiger charge is 2.21. The van der Waals surface area contributed by atoms with Crippen LogP contribution >= 0.6 is 23.5 Å². The molecule has 6 rings (SSSR count). The summed E-state index contributed by atoms with van der Waals surface area (Å²) in [4.78, 5) is 43.7. The molecule has 0 radical (unpaired) electrons. The van der Waals surface area contributed by atoms with E-state index in [1.165, 1.54) is 23.5 Å². The van der Waals surface area contributed by atoms with E-state index in [-0.39, 0.29) is 41.7 Å². The highest BCUT2D eigenvalue weighted by molar-refractivity contribution is 8.14. The molecule has 276 valence electrons. The van der Waals surface area contributed by atoms with Gasteiger partial charge in [0.05, 0.1) is 34.8 Å². The average Bonchev–Trinajstić information content (AvgIpc) is 3.17. The fourth-order valence-corrected chi connectivity index (χ4v) is 7.14. The number of nitrogens with two attached hydrogens (primary N) is 2. The number of carbonyl (C=O) groups is 2. The first-order valence-electron chi connectivity index (χ1n) is 17.0. The van der Waals surface area contributed by atoms with Gasteiger partial charge in [0.2, 0.25) is 11.8 Å². The molecule has 8 N–H and O–H groups in total. The quantitative estimate of drug-likeness (QED) is 0.127. The molecule has 0 fully saturated rings. The fourth-order valence-electron chi connectivity index (χ4n) is 5.76. The Labute approximate surface area is 326 Å². The second kappa shape index (κ2) is 17.5. The zero-order valence-corrected chi connectivity index (χ0v) is 31.5. The topological polar surface area (TPSA) is 231 Å². The van der Waals surface area contributed by atoms with Crippen LogP contribution in [0.5, 0.6) is 0 Å². The van der Waals surface area contributed by atoms with Crippen LogP contribution in [0, 0.1) is 36.5 Å². The molecule has 16 heteroatoms. The zero-order valence-electron chi connectivity index (χ0n) is 29.8. The van der Waals surface area contributed by atoms with Crippen molar-refractivity contribution < 1.29 is 9.59 Å². The van der Waals surface area contributed by atoms with Crippen molar-refractivity contribution in [2.45, 2.75) is 32.6 Å². The van der Waals surface area contributed by atoms with Crippen LogP contribution in [0.15, 0.2) is 105 Å². The van der Waals surface area contributed by atoms with Crippen LogP contribution in [0.2, 0.25) is 0 Å². The van der Waals surface area contributed by atoms with Crippen LogP contribution in [0.4, 0.5) is 11.4 Å². The van der Waals surface area contributed by atoms with Crippen LogP contribution < -0.4 is 32.7 Å². The molecular weight excluding hydrogens is 733 g/mol. The van der Waals surface area contributed by atoms with Crippen LogP contribution in [0.1, 0.15) is 56.8 Å². The Hall–Kier alpha value is -6.62. The number of rotatable bonds is 10. The van der Waals surface area contributed by atoms with E-state index in [1.54, 1.807) is 36.4 Å². The van der Waals surface area contributed by atoms with Gasteiger partial charge in [-0.2, -0.15) is 10.5 Å². The molecule has 2 amide bonds.